The summed E-state index contributed by atoms with van der Waals surface area (Å²) >= 11 is 0. The molecule has 2 aliphatic rings. The zero-order valence-corrected chi connectivity index (χ0v) is 15.2. The molecule has 1 N–H and O–H groups in total. The summed E-state index contributed by atoms with van der Waals surface area (Å²) < 4.78 is 10.7. The number of rotatable bonds is 5. The number of ether oxygens (including phenoxy) is 2. The minimum absolute atomic E-state index is 0.0136. The van der Waals surface area contributed by atoms with Crippen molar-refractivity contribution in [3.63, 3.8) is 0 Å². The first kappa shape index (κ1) is 18.8. The fourth-order valence-electron chi connectivity index (χ4n) is 3.44. The van der Waals surface area contributed by atoms with Crippen LogP contribution in [0.3, 0.4) is 0 Å². The van der Waals surface area contributed by atoms with Crippen LogP contribution in [0.4, 0.5) is 5.69 Å². The average molecular weight is 361 g/mol. The van der Waals surface area contributed by atoms with Crippen LogP contribution in [0.15, 0.2) is 30.3 Å². The van der Waals surface area contributed by atoms with Gasteiger partial charge >= 0.3 is 5.97 Å². The molecule has 142 valence electrons. The molecule has 2 saturated heterocycles. The molecule has 1 aromatic rings. The van der Waals surface area contributed by atoms with Gasteiger partial charge in [-0.05, 0) is 45.0 Å². The highest BCUT2D eigenvalue weighted by atomic mass is 16.6. The highest BCUT2D eigenvalue weighted by Crippen LogP contribution is 2.24. The van der Waals surface area contributed by atoms with Gasteiger partial charge in [0, 0.05) is 12.5 Å². The molecule has 0 radical (unpaired) electrons. The summed E-state index contributed by atoms with van der Waals surface area (Å²) in [6.07, 6.45) is 0.984. The molecule has 2 heterocycles. The second kappa shape index (κ2) is 9.12. The lowest BCUT2D eigenvalue weighted by Crippen LogP contribution is -2.58. The van der Waals surface area contributed by atoms with E-state index in [1.165, 1.54) is 0 Å². The molecule has 0 spiro atoms. The largest absolute Gasteiger partial charge is 0.464 e. The van der Waals surface area contributed by atoms with Crippen molar-refractivity contribution in [3.8, 4) is 0 Å². The van der Waals surface area contributed by atoms with Gasteiger partial charge < -0.3 is 14.8 Å². The van der Waals surface area contributed by atoms with Gasteiger partial charge in [0.05, 0.1) is 25.4 Å². The number of carbonyl (C=O) groups excluding carboxylic acids is 2. The van der Waals surface area contributed by atoms with E-state index in [0.29, 0.717) is 26.3 Å². The predicted octanol–water partition coefficient (Wildman–Crippen LogP) is 1.20. The zero-order valence-electron chi connectivity index (χ0n) is 15.2. The lowest BCUT2D eigenvalue weighted by atomic mass is 9.97. The number of nitrogens with one attached hydrogen (secondary N) is 1. The standard InChI is InChI=1S/C19H27N3O4/c1-2-25-19(24)17-14-21(12-13-26-17)22(16-6-4-3-5-7-16)18(23)15-8-10-20-11-9-15/h3-7,15,17,20H,2,8-14H2,1H3. The lowest BCUT2D eigenvalue weighted by molar-refractivity contribution is -0.163. The Morgan fingerprint density at radius 2 is 2.00 bits per heavy atom. The van der Waals surface area contributed by atoms with Crippen LogP contribution in [-0.2, 0) is 19.1 Å². The maximum absolute atomic E-state index is 13.3. The number of benzene rings is 1. The van der Waals surface area contributed by atoms with Crippen molar-refractivity contribution in [2.45, 2.75) is 25.9 Å². The van der Waals surface area contributed by atoms with Gasteiger partial charge in [-0.2, -0.15) is 0 Å². The molecule has 26 heavy (non-hydrogen) atoms. The zero-order chi connectivity index (χ0) is 18.4. The fourth-order valence-corrected chi connectivity index (χ4v) is 3.44. The van der Waals surface area contributed by atoms with Crippen molar-refractivity contribution < 1.29 is 19.1 Å². The third-order valence-corrected chi connectivity index (χ3v) is 4.78. The molecular formula is C19H27N3O4. The van der Waals surface area contributed by atoms with Gasteiger partial charge in [0.15, 0.2) is 6.10 Å². The molecule has 0 aromatic heterocycles. The number of nitrogens with zero attached hydrogens (tertiary/aromatic N) is 2. The first-order valence-corrected chi connectivity index (χ1v) is 9.33. The molecule has 1 amide bonds. The molecule has 0 bridgehead atoms. The maximum Gasteiger partial charge on any atom is 0.336 e. The summed E-state index contributed by atoms with van der Waals surface area (Å²) in [5.74, 6) is -0.304. The Labute approximate surface area is 154 Å². The van der Waals surface area contributed by atoms with E-state index < -0.39 is 6.10 Å². The van der Waals surface area contributed by atoms with Crippen molar-refractivity contribution in [3.05, 3.63) is 30.3 Å². The third-order valence-electron chi connectivity index (χ3n) is 4.78. The molecular weight excluding hydrogens is 334 g/mol. The molecule has 0 saturated carbocycles. The molecule has 1 aromatic carbocycles. The van der Waals surface area contributed by atoms with Crippen LogP contribution < -0.4 is 10.3 Å². The highest BCUT2D eigenvalue weighted by molar-refractivity contribution is 5.94. The monoisotopic (exact) mass is 361 g/mol. The van der Waals surface area contributed by atoms with Crippen molar-refractivity contribution in [1.82, 2.24) is 10.3 Å². The topological polar surface area (TPSA) is 71.1 Å². The molecule has 1 atom stereocenters. The molecule has 2 aliphatic heterocycles. The van der Waals surface area contributed by atoms with Gasteiger partial charge in [-0.25, -0.2) is 14.8 Å². The quantitative estimate of drug-likeness (QED) is 0.795. The number of hydrazine groups is 1. The third kappa shape index (κ3) is 4.41. The minimum atomic E-state index is -0.671. The summed E-state index contributed by atoms with van der Waals surface area (Å²) in [6, 6.07) is 9.61. The second-order valence-electron chi connectivity index (χ2n) is 6.53. The van der Waals surface area contributed by atoms with Crippen molar-refractivity contribution in [2.24, 2.45) is 5.92 Å². The van der Waals surface area contributed by atoms with Gasteiger partial charge in [0.2, 0.25) is 5.91 Å². The fraction of sp³-hybridized carbons (Fsp3) is 0.579. The smallest absolute Gasteiger partial charge is 0.336 e. The number of hydrogen-bond acceptors (Lipinski definition) is 6. The first-order valence-electron chi connectivity index (χ1n) is 9.33. The van der Waals surface area contributed by atoms with Crippen LogP contribution in [-0.4, -0.2) is 62.4 Å². The summed E-state index contributed by atoms with van der Waals surface area (Å²) in [5.41, 5.74) is 0.820. The molecule has 2 fully saturated rings. The van der Waals surface area contributed by atoms with Crippen LogP contribution in [0.25, 0.3) is 0 Å². The number of anilines is 1. The maximum atomic E-state index is 13.3. The van der Waals surface area contributed by atoms with E-state index in [0.717, 1.165) is 31.6 Å². The van der Waals surface area contributed by atoms with Gasteiger partial charge in [-0.1, -0.05) is 18.2 Å². The Morgan fingerprint density at radius 3 is 2.69 bits per heavy atom. The molecule has 3 rings (SSSR count). The van der Waals surface area contributed by atoms with Gasteiger partial charge in [-0.15, -0.1) is 0 Å². The van der Waals surface area contributed by atoms with E-state index in [9.17, 15) is 9.59 Å². The minimum Gasteiger partial charge on any atom is -0.464 e. The summed E-state index contributed by atoms with van der Waals surface area (Å²) in [7, 11) is 0. The van der Waals surface area contributed by atoms with Crippen molar-refractivity contribution in [2.75, 3.05) is 44.4 Å². The lowest BCUT2D eigenvalue weighted by Gasteiger charge is -2.41. The van der Waals surface area contributed by atoms with E-state index in [-0.39, 0.29) is 17.8 Å². The van der Waals surface area contributed by atoms with Crippen LogP contribution >= 0.6 is 0 Å². The predicted molar refractivity (Wildman–Crippen MR) is 97.5 cm³/mol. The molecule has 1 unspecified atom stereocenters. The van der Waals surface area contributed by atoms with Gasteiger partial charge in [-0.3, -0.25) is 4.79 Å². The Hall–Kier alpha value is -1.96. The van der Waals surface area contributed by atoms with Crippen molar-refractivity contribution in [1.29, 1.82) is 0 Å². The number of hydrogen-bond donors (Lipinski definition) is 1. The van der Waals surface area contributed by atoms with Crippen LogP contribution in [0.1, 0.15) is 19.8 Å². The average Bonchev–Trinajstić information content (AvgIpc) is 2.70. The Kier molecular flexibility index (Phi) is 6.60. The Bertz CT molecular complexity index is 604. The van der Waals surface area contributed by atoms with Crippen LogP contribution in [0.2, 0.25) is 0 Å². The number of piperidine rings is 1. The van der Waals surface area contributed by atoms with Gasteiger partial charge in [0.25, 0.3) is 0 Å². The van der Waals surface area contributed by atoms with E-state index in [4.69, 9.17) is 9.47 Å². The van der Waals surface area contributed by atoms with E-state index >= 15 is 0 Å². The molecule has 7 nitrogen and oxygen atoms in total. The number of para-hydroxylation sites is 1. The Balaban J connectivity index is 1.80. The van der Waals surface area contributed by atoms with E-state index in [2.05, 4.69) is 5.32 Å². The second-order valence-corrected chi connectivity index (χ2v) is 6.53. The number of carbonyl (C=O) groups is 2. The van der Waals surface area contributed by atoms with Gasteiger partial charge in [0.1, 0.15) is 0 Å². The summed E-state index contributed by atoms with van der Waals surface area (Å²) in [6.45, 7) is 5.05. The van der Waals surface area contributed by atoms with E-state index in [1.807, 2.05) is 35.3 Å². The molecule has 7 heteroatoms. The number of esters is 1. The van der Waals surface area contributed by atoms with E-state index in [1.54, 1.807) is 11.9 Å². The summed E-state index contributed by atoms with van der Waals surface area (Å²) in [5, 5.41) is 6.96. The van der Waals surface area contributed by atoms with Crippen molar-refractivity contribution >= 4 is 17.6 Å². The molecule has 0 aliphatic carbocycles. The highest BCUT2D eigenvalue weighted by Gasteiger charge is 2.36. The number of amides is 1. The summed E-state index contributed by atoms with van der Waals surface area (Å²) in [4.78, 5) is 25.4. The number of morpholine rings is 1. The SMILES string of the molecule is CCOC(=O)C1CN(N(C(=O)C2CCNCC2)c2ccccc2)CCO1. The van der Waals surface area contributed by atoms with Crippen LogP contribution in [0.5, 0.6) is 0 Å². The Morgan fingerprint density at radius 1 is 1.27 bits per heavy atom. The van der Waals surface area contributed by atoms with Crippen LogP contribution in [0, 0.1) is 5.92 Å². The normalized spacial score (nSPS) is 22.0. The first-order chi connectivity index (χ1) is 12.7.